The number of alkyl carbamates (subject to hydrolysis) is 1. The lowest BCUT2D eigenvalue weighted by Gasteiger charge is -2.12. The van der Waals surface area contributed by atoms with Gasteiger partial charge in [0.05, 0.1) is 12.2 Å². The minimum Gasteiger partial charge on any atom is -0.450 e. The molecule has 0 atom stereocenters. The average molecular weight is 261 g/mol. The Morgan fingerprint density at radius 3 is 2.61 bits per heavy atom. The molecule has 0 aliphatic heterocycles. The zero-order valence-corrected chi connectivity index (χ0v) is 9.88. The molecule has 1 amide bonds. The number of hydrogen-bond donors (Lipinski definition) is 1. The predicted octanol–water partition coefficient (Wildman–Crippen LogP) is 2.99. The van der Waals surface area contributed by atoms with E-state index in [1.165, 1.54) is 18.2 Å². The fraction of sp³-hybridized carbons (Fsp3) is 0.417. The Hall–Kier alpha value is -1.72. The van der Waals surface area contributed by atoms with Gasteiger partial charge < -0.3 is 10.1 Å². The van der Waals surface area contributed by atoms with Crippen molar-refractivity contribution in [2.45, 2.75) is 19.5 Å². The van der Waals surface area contributed by atoms with E-state index in [0.717, 1.165) is 6.07 Å². The van der Waals surface area contributed by atoms with Crippen LogP contribution in [0.5, 0.6) is 0 Å². The third-order valence-electron chi connectivity index (χ3n) is 2.26. The molecule has 0 aromatic heterocycles. The van der Waals surface area contributed by atoms with Crippen LogP contribution in [0.3, 0.4) is 0 Å². The number of alkyl halides is 3. The normalized spacial score (nSPS) is 11.1. The number of carbonyl (C=O) groups is 1. The summed E-state index contributed by atoms with van der Waals surface area (Å²) < 4.78 is 42.5. The number of amides is 1. The molecule has 3 nitrogen and oxygen atoms in total. The van der Waals surface area contributed by atoms with E-state index in [1.54, 1.807) is 6.92 Å². The van der Waals surface area contributed by atoms with Crippen LogP contribution in [0.2, 0.25) is 0 Å². The molecule has 100 valence electrons. The highest BCUT2D eigenvalue weighted by Crippen LogP contribution is 2.31. The van der Waals surface area contributed by atoms with Crippen LogP contribution in [0.1, 0.15) is 18.1 Å². The van der Waals surface area contributed by atoms with E-state index in [-0.39, 0.29) is 25.1 Å². The molecule has 0 aliphatic carbocycles. The van der Waals surface area contributed by atoms with Crippen molar-refractivity contribution in [3.05, 3.63) is 35.4 Å². The molecule has 0 spiro atoms. The maximum Gasteiger partial charge on any atom is 0.416 e. The van der Waals surface area contributed by atoms with Crippen molar-refractivity contribution in [1.82, 2.24) is 5.32 Å². The van der Waals surface area contributed by atoms with Crippen molar-refractivity contribution in [2.75, 3.05) is 13.2 Å². The number of benzene rings is 1. The molecule has 1 N–H and O–H groups in total. The number of nitrogens with one attached hydrogen (secondary N) is 1. The minimum absolute atomic E-state index is 0.103. The standard InChI is InChI=1S/C12H14F3NO2/c1-2-18-11(17)16-8-7-9-5-3-4-6-10(9)12(13,14)15/h3-6H,2,7-8H2,1H3,(H,16,17). The van der Waals surface area contributed by atoms with Crippen molar-refractivity contribution in [3.63, 3.8) is 0 Å². The van der Waals surface area contributed by atoms with Gasteiger partial charge in [-0.15, -0.1) is 0 Å². The first kappa shape index (κ1) is 14.3. The molecular formula is C12H14F3NO2. The van der Waals surface area contributed by atoms with Crippen LogP contribution in [0.25, 0.3) is 0 Å². The molecule has 0 heterocycles. The molecule has 0 fully saturated rings. The first-order chi connectivity index (χ1) is 8.45. The molecule has 0 unspecified atom stereocenters. The number of carbonyl (C=O) groups excluding carboxylic acids is 1. The second-order valence-electron chi connectivity index (χ2n) is 3.55. The molecular weight excluding hydrogens is 247 g/mol. The molecule has 0 saturated carbocycles. The van der Waals surface area contributed by atoms with Crippen molar-refractivity contribution in [1.29, 1.82) is 0 Å². The summed E-state index contributed by atoms with van der Waals surface area (Å²) in [4.78, 5) is 11.0. The van der Waals surface area contributed by atoms with Crippen LogP contribution >= 0.6 is 0 Å². The van der Waals surface area contributed by atoms with Crippen LogP contribution in [-0.4, -0.2) is 19.2 Å². The van der Waals surface area contributed by atoms with Gasteiger partial charge in [-0.3, -0.25) is 0 Å². The van der Waals surface area contributed by atoms with Gasteiger partial charge in [0, 0.05) is 6.54 Å². The van der Waals surface area contributed by atoms with Gasteiger partial charge in [0.2, 0.25) is 0 Å². The van der Waals surface area contributed by atoms with Gasteiger partial charge >= 0.3 is 12.3 Å². The van der Waals surface area contributed by atoms with Crippen molar-refractivity contribution >= 4 is 6.09 Å². The Morgan fingerprint density at radius 1 is 1.33 bits per heavy atom. The molecule has 1 rings (SSSR count). The van der Waals surface area contributed by atoms with Crippen LogP contribution < -0.4 is 5.32 Å². The fourth-order valence-corrected chi connectivity index (χ4v) is 1.50. The van der Waals surface area contributed by atoms with E-state index < -0.39 is 17.8 Å². The van der Waals surface area contributed by atoms with E-state index >= 15 is 0 Å². The quantitative estimate of drug-likeness (QED) is 0.904. The van der Waals surface area contributed by atoms with Gasteiger partial charge in [-0.1, -0.05) is 18.2 Å². The van der Waals surface area contributed by atoms with Gasteiger partial charge in [0.15, 0.2) is 0 Å². The van der Waals surface area contributed by atoms with Crippen LogP contribution in [0, 0.1) is 0 Å². The summed E-state index contributed by atoms with van der Waals surface area (Å²) in [6.45, 7) is 1.98. The molecule has 0 saturated heterocycles. The predicted molar refractivity (Wildman–Crippen MR) is 60.2 cm³/mol. The molecule has 0 aliphatic rings. The van der Waals surface area contributed by atoms with E-state index in [0.29, 0.717) is 0 Å². The lowest BCUT2D eigenvalue weighted by Crippen LogP contribution is -2.27. The van der Waals surface area contributed by atoms with Crippen molar-refractivity contribution < 1.29 is 22.7 Å². The number of ether oxygens (including phenoxy) is 1. The van der Waals surface area contributed by atoms with E-state index in [4.69, 9.17) is 0 Å². The molecule has 1 aromatic rings. The van der Waals surface area contributed by atoms with Crippen LogP contribution in [0.15, 0.2) is 24.3 Å². The Labute approximate surface area is 103 Å². The lowest BCUT2D eigenvalue weighted by molar-refractivity contribution is -0.138. The number of rotatable bonds is 4. The first-order valence-corrected chi connectivity index (χ1v) is 5.51. The summed E-state index contributed by atoms with van der Waals surface area (Å²) in [5, 5.41) is 2.38. The summed E-state index contributed by atoms with van der Waals surface area (Å²) in [5.41, 5.74) is -0.516. The summed E-state index contributed by atoms with van der Waals surface area (Å²) in [7, 11) is 0. The maximum absolute atomic E-state index is 12.6. The largest absolute Gasteiger partial charge is 0.450 e. The lowest BCUT2D eigenvalue weighted by atomic mass is 10.0. The number of halogens is 3. The van der Waals surface area contributed by atoms with E-state index in [2.05, 4.69) is 10.1 Å². The highest BCUT2D eigenvalue weighted by Gasteiger charge is 2.32. The van der Waals surface area contributed by atoms with Gasteiger partial charge in [0.1, 0.15) is 0 Å². The van der Waals surface area contributed by atoms with Gasteiger partial charge in [-0.05, 0) is 25.0 Å². The highest BCUT2D eigenvalue weighted by molar-refractivity contribution is 5.67. The Morgan fingerprint density at radius 2 is 2.00 bits per heavy atom. The Balaban J connectivity index is 2.60. The van der Waals surface area contributed by atoms with Crippen LogP contribution in [0.4, 0.5) is 18.0 Å². The maximum atomic E-state index is 12.6. The minimum atomic E-state index is -4.37. The second kappa shape index (κ2) is 6.28. The van der Waals surface area contributed by atoms with Gasteiger partial charge in [-0.25, -0.2) is 4.79 Å². The Bertz CT molecular complexity index is 405. The summed E-state index contributed by atoms with van der Waals surface area (Å²) in [6, 6.07) is 5.30. The highest BCUT2D eigenvalue weighted by atomic mass is 19.4. The summed E-state index contributed by atoms with van der Waals surface area (Å²) in [5.74, 6) is 0. The monoisotopic (exact) mass is 261 g/mol. The molecule has 18 heavy (non-hydrogen) atoms. The van der Waals surface area contributed by atoms with Crippen LogP contribution in [-0.2, 0) is 17.3 Å². The number of hydrogen-bond acceptors (Lipinski definition) is 2. The molecule has 0 bridgehead atoms. The fourth-order valence-electron chi connectivity index (χ4n) is 1.50. The van der Waals surface area contributed by atoms with Crippen molar-refractivity contribution in [3.8, 4) is 0 Å². The SMILES string of the molecule is CCOC(=O)NCCc1ccccc1C(F)(F)F. The third-order valence-corrected chi connectivity index (χ3v) is 2.26. The molecule has 1 aromatic carbocycles. The van der Waals surface area contributed by atoms with Gasteiger partial charge in [0.25, 0.3) is 0 Å². The summed E-state index contributed by atoms with van der Waals surface area (Å²) in [6.07, 6.45) is -4.89. The molecule has 6 heteroatoms. The van der Waals surface area contributed by atoms with E-state index in [9.17, 15) is 18.0 Å². The van der Waals surface area contributed by atoms with Crippen molar-refractivity contribution in [2.24, 2.45) is 0 Å². The molecule has 0 radical (unpaired) electrons. The smallest absolute Gasteiger partial charge is 0.416 e. The first-order valence-electron chi connectivity index (χ1n) is 5.51. The zero-order chi connectivity index (χ0) is 13.6. The summed E-state index contributed by atoms with van der Waals surface area (Å²) >= 11 is 0. The second-order valence-corrected chi connectivity index (χ2v) is 3.55. The Kier molecular flexibility index (Phi) is 5.00. The topological polar surface area (TPSA) is 38.3 Å². The zero-order valence-electron chi connectivity index (χ0n) is 9.88. The van der Waals surface area contributed by atoms with Gasteiger partial charge in [-0.2, -0.15) is 13.2 Å². The third kappa shape index (κ3) is 4.27. The van der Waals surface area contributed by atoms with E-state index in [1.807, 2.05) is 0 Å². The average Bonchev–Trinajstić information content (AvgIpc) is 2.28.